The van der Waals surface area contributed by atoms with Gasteiger partial charge in [-0.3, -0.25) is 9.59 Å². The maximum Gasteiger partial charge on any atom is 0.249 e. The van der Waals surface area contributed by atoms with Crippen molar-refractivity contribution in [3.8, 4) is 5.75 Å². The van der Waals surface area contributed by atoms with E-state index in [1.165, 1.54) is 0 Å². The van der Waals surface area contributed by atoms with Crippen LogP contribution >= 0.6 is 0 Å². The number of carbonyl (C=O) groups is 2. The summed E-state index contributed by atoms with van der Waals surface area (Å²) in [5.74, 6) is 1.17. The summed E-state index contributed by atoms with van der Waals surface area (Å²) >= 11 is 0. The van der Waals surface area contributed by atoms with Crippen LogP contribution in [0.4, 0.5) is 0 Å². The lowest BCUT2D eigenvalue weighted by Crippen LogP contribution is -2.51. The number of methoxy groups -OCH3 is 2. The van der Waals surface area contributed by atoms with Crippen LogP contribution in [-0.2, 0) is 25.5 Å². The molecule has 0 spiro atoms. The van der Waals surface area contributed by atoms with E-state index in [1.54, 1.807) is 14.2 Å². The molecule has 3 aliphatic rings. The minimum Gasteiger partial charge on any atom is -0.497 e. The SMILES string of the molecule is COCC(=O)N1C2CCC1CC(OC1CCN(C(=O)CCc3ccc(OC)cc3)CC1)C2. The maximum atomic E-state index is 12.7. The van der Waals surface area contributed by atoms with Crippen LogP contribution in [0.15, 0.2) is 24.3 Å². The smallest absolute Gasteiger partial charge is 0.249 e. The van der Waals surface area contributed by atoms with Gasteiger partial charge in [-0.25, -0.2) is 0 Å². The minimum atomic E-state index is 0.111. The summed E-state index contributed by atoms with van der Waals surface area (Å²) in [6, 6.07) is 8.50. The van der Waals surface area contributed by atoms with E-state index in [-0.39, 0.29) is 30.6 Å². The van der Waals surface area contributed by atoms with E-state index in [1.807, 2.05) is 34.1 Å². The Morgan fingerprint density at radius 3 is 2.16 bits per heavy atom. The van der Waals surface area contributed by atoms with Gasteiger partial charge >= 0.3 is 0 Å². The first-order chi connectivity index (χ1) is 15.6. The van der Waals surface area contributed by atoms with Crippen molar-refractivity contribution in [3.63, 3.8) is 0 Å². The van der Waals surface area contributed by atoms with Crippen molar-refractivity contribution in [1.29, 1.82) is 0 Å². The number of amides is 2. The fraction of sp³-hybridized carbons (Fsp3) is 0.680. The highest BCUT2D eigenvalue weighted by Crippen LogP contribution is 2.38. The van der Waals surface area contributed by atoms with Gasteiger partial charge in [0.05, 0.1) is 19.3 Å². The summed E-state index contributed by atoms with van der Waals surface area (Å²) in [5, 5.41) is 0. The van der Waals surface area contributed by atoms with Gasteiger partial charge in [-0.05, 0) is 62.6 Å². The Labute approximate surface area is 191 Å². The number of hydrogen-bond acceptors (Lipinski definition) is 5. The first-order valence-electron chi connectivity index (χ1n) is 11.9. The average Bonchev–Trinajstić information content (AvgIpc) is 3.09. The standard InChI is InChI=1S/C25H36N2O5/c1-30-17-25(29)27-19-6-7-20(27)16-23(15-19)32-22-11-13-26(14-12-22)24(28)10-5-18-3-8-21(31-2)9-4-18/h3-4,8-9,19-20,22-23H,5-7,10-17H2,1-2H3. The summed E-state index contributed by atoms with van der Waals surface area (Å²) in [5.41, 5.74) is 1.15. The summed E-state index contributed by atoms with van der Waals surface area (Å²) in [6.07, 6.45) is 7.51. The molecule has 0 saturated carbocycles. The van der Waals surface area contributed by atoms with Crippen LogP contribution < -0.4 is 4.74 Å². The molecule has 1 aromatic rings. The van der Waals surface area contributed by atoms with Crippen molar-refractivity contribution in [3.05, 3.63) is 29.8 Å². The minimum absolute atomic E-state index is 0.111. The maximum absolute atomic E-state index is 12.7. The van der Waals surface area contributed by atoms with E-state index in [2.05, 4.69) is 0 Å². The lowest BCUT2D eigenvalue weighted by Gasteiger charge is -2.41. The number of likely N-dealkylation sites (tertiary alicyclic amines) is 1. The number of carbonyl (C=O) groups excluding carboxylic acids is 2. The van der Waals surface area contributed by atoms with Crippen LogP contribution in [0.5, 0.6) is 5.75 Å². The third kappa shape index (κ3) is 5.44. The zero-order valence-electron chi connectivity index (χ0n) is 19.3. The summed E-state index contributed by atoms with van der Waals surface area (Å²) < 4.78 is 16.7. The van der Waals surface area contributed by atoms with Crippen molar-refractivity contribution in [2.24, 2.45) is 0 Å². The molecule has 0 radical (unpaired) electrons. The molecule has 3 fully saturated rings. The predicted octanol–water partition coefficient (Wildman–Crippen LogP) is 2.80. The first kappa shape index (κ1) is 23.1. The van der Waals surface area contributed by atoms with Crippen LogP contribution in [-0.4, -0.2) is 79.8 Å². The molecular weight excluding hydrogens is 408 g/mol. The van der Waals surface area contributed by atoms with Gasteiger partial charge in [0.1, 0.15) is 12.4 Å². The molecule has 0 N–H and O–H groups in total. The van der Waals surface area contributed by atoms with E-state index < -0.39 is 0 Å². The number of hydrogen-bond donors (Lipinski definition) is 0. The molecule has 2 unspecified atom stereocenters. The number of ether oxygens (including phenoxy) is 3. The molecule has 0 aromatic heterocycles. The van der Waals surface area contributed by atoms with Crippen molar-refractivity contribution in [2.45, 2.75) is 75.7 Å². The fourth-order valence-electron chi connectivity index (χ4n) is 5.56. The van der Waals surface area contributed by atoms with E-state index in [0.717, 1.165) is 69.3 Å². The quantitative estimate of drug-likeness (QED) is 0.617. The van der Waals surface area contributed by atoms with E-state index >= 15 is 0 Å². The molecule has 4 rings (SSSR count). The topological polar surface area (TPSA) is 68.3 Å². The average molecular weight is 445 g/mol. The van der Waals surface area contributed by atoms with Gasteiger partial charge in [-0.1, -0.05) is 12.1 Å². The molecule has 32 heavy (non-hydrogen) atoms. The van der Waals surface area contributed by atoms with Crippen molar-refractivity contribution in [2.75, 3.05) is 33.9 Å². The summed E-state index contributed by atoms with van der Waals surface area (Å²) in [7, 11) is 3.23. The molecule has 3 heterocycles. The van der Waals surface area contributed by atoms with Gasteiger partial charge in [0, 0.05) is 38.7 Å². The molecule has 2 bridgehead atoms. The highest BCUT2D eigenvalue weighted by Gasteiger charge is 2.44. The van der Waals surface area contributed by atoms with Gasteiger partial charge in [0.2, 0.25) is 11.8 Å². The zero-order valence-corrected chi connectivity index (χ0v) is 19.3. The Kier molecular flexibility index (Phi) is 7.68. The molecule has 3 aliphatic heterocycles. The van der Waals surface area contributed by atoms with E-state index in [4.69, 9.17) is 14.2 Å². The summed E-state index contributed by atoms with van der Waals surface area (Å²) in [4.78, 5) is 29.0. The zero-order chi connectivity index (χ0) is 22.5. The Balaban J connectivity index is 1.18. The van der Waals surface area contributed by atoms with Gasteiger partial charge < -0.3 is 24.0 Å². The van der Waals surface area contributed by atoms with Crippen molar-refractivity contribution < 1.29 is 23.8 Å². The van der Waals surface area contributed by atoms with Crippen LogP contribution in [0, 0.1) is 0 Å². The Morgan fingerprint density at radius 2 is 1.56 bits per heavy atom. The lowest BCUT2D eigenvalue weighted by atomic mass is 9.98. The number of nitrogens with zero attached hydrogens (tertiary/aromatic N) is 2. The molecule has 2 amide bonds. The predicted molar refractivity (Wildman–Crippen MR) is 121 cm³/mol. The van der Waals surface area contributed by atoms with E-state index in [9.17, 15) is 9.59 Å². The second-order valence-corrected chi connectivity index (χ2v) is 9.28. The molecule has 7 heteroatoms. The van der Waals surface area contributed by atoms with Gasteiger partial charge in [0.25, 0.3) is 0 Å². The normalized spacial score (nSPS) is 25.8. The molecule has 7 nitrogen and oxygen atoms in total. The van der Waals surface area contributed by atoms with Gasteiger partial charge in [-0.2, -0.15) is 0 Å². The Bertz CT molecular complexity index is 761. The highest BCUT2D eigenvalue weighted by atomic mass is 16.5. The number of piperidine rings is 2. The number of aryl methyl sites for hydroxylation is 1. The van der Waals surface area contributed by atoms with E-state index in [0.29, 0.717) is 18.5 Å². The monoisotopic (exact) mass is 444 g/mol. The highest BCUT2D eigenvalue weighted by molar-refractivity contribution is 5.78. The molecular formula is C25H36N2O5. The molecule has 2 atom stereocenters. The molecule has 176 valence electrons. The summed E-state index contributed by atoms with van der Waals surface area (Å²) in [6.45, 7) is 1.71. The number of rotatable bonds is 8. The first-order valence-corrected chi connectivity index (χ1v) is 11.9. The lowest BCUT2D eigenvalue weighted by molar-refractivity contribution is -0.145. The van der Waals surface area contributed by atoms with Crippen LogP contribution in [0.1, 0.15) is 50.5 Å². The van der Waals surface area contributed by atoms with Crippen molar-refractivity contribution in [1.82, 2.24) is 9.80 Å². The number of fused-ring (bicyclic) bond motifs is 2. The van der Waals surface area contributed by atoms with Crippen LogP contribution in [0.25, 0.3) is 0 Å². The van der Waals surface area contributed by atoms with Crippen molar-refractivity contribution >= 4 is 11.8 Å². The third-order valence-corrected chi connectivity index (χ3v) is 7.21. The van der Waals surface area contributed by atoms with Crippen LogP contribution in [0.3, 0.4) is 0 Å². The Morgan fingerprint density at radius 1 is 0.906 bits per heavy atom. The molecule has 3 saturated heterocycles. The fourth-order valence-corrected chi connectivity index (χ4v) is 5.56. The Hall–Kier alpha value is -2.12. The third-order valence-electron chi connectivity index (χ3n) is 7.21. The molecule has 0 aliphatic carbocycles. The largest absolute Gasteiger partial charge is 0.497 e. The number of benzene rings is 1. The van der Waals surface area contributed by atoms with Crippen LogP contribution in [0.2, 0.25) is 0 Å². The van der Waals surface area contributed by atoms with Gasteiger partial charge in [0.15, 0.2) is 0 Å². The molecule has 1 aromatic carbocycles. The second-order valence-electron chi connectivity index (χ2n) is 9.28. The van der Waals surface area contributed by atoms with Gasteiger partial charge in [-0.15, -0.1) is 0 Å². The second kappa shape index (κ2) is 10.7.